The van der Waals surface area contributed by atoms with Crippen molar-refractivity contribution >= 4 is 29.9 Å². The number of hydrogen-bond acceptors (Lipinski definition) is 6. The summed E-state index contributed by atoms with van der Waals surface area (Å²) in [6.45, 7) is 0. The van der Waals surface area contributed by atoms with Crippen LogP contribution in [-0.4, -0.2) is 21.8 Å². The first-order valence-corrected chi connectivity index (χ1v) is 5.60. The lowest BCUT2D eigenvalue weighted by molar-refractivity contribution is -0.385. The normalized spacial score (nSPS) is 9.45. The maximum atomic E-state index is 11.7. The lowest BCUT2D eigenvalue weighted by Gasteiger charge is -2.06. The molecular weight excluding hydrogens is 318 g/mol. The highest BCUT2D eigenvalue weighted by Gasteiger charge is 2.17. The zero-order valence-corrected chi connectivity index (χ0v) is 11.6. The molecule has 2 rings (SSSR count). The fourth-order valence-corrected chi connectivity index (χ4v) is 1.47. The molecular formula is C12H10ClN3O6. The van der Waals surface area contributed by atoms with Gasteiger partial charge in [-0.2, -0.15) is 0 Å². The Kier molecular flexibility index (Phi) is 5.47. The van der Waals surface area contributed by atoms with Gasteiger partial charge in [-0.3, -0.25) is 30.6 Å². The molecule has 1 aromatic heterocycles. The molecule has 0 spiro atoms. The average molecular weight is 328 g/mol. The lowest BCUT2D eigenvalue weighted by Crippen LogP contribution is -2.41. The van der Waals surface area contributed by atoms with Crippen molar-refractivity contribution in [2.75, 3.05) is 0 Å². The van der Waals surface area contributed by atoms with E-state index in [1.54, 1.807) is 0 Å². The Morgan fingerprint density at radius 1 is 1.18 bits per heavy atom. The number of furan rings is 1. The zero-order chi connectivity index (χ0) is 15.4. The van der Waals surface area contributed by atoms with Crippen molar-refractivity contribution in [2.24, 2.45) is 0 Å². The van der Waals surface area contributed by atoms with Gasteiger partial charge in [0.25, 0.3) is 5.91 Å². The van der Waals surface area contributed by atoms with Crippen LogP contribution in [0.2, 0.25) is 0 Å². The van der Waals surface area contributed by atoms with Gasteiger partial charge in [-0.05, 0) is 24.3 Å². The van der Waals surface area contributed by atoms with Gasteiger partial charge in [0.05, 0.1) is 11.2 Å². The first-order chi connectivity index (χ1) is 9.99. The van der Waals surface area contributed by atoms with E-state index in [4.69, 9.17) is 4.42 Å². The first kappa shape index (κ1) is 17.0. The number of aromatic hydroxyl groups is 1. The van der Waals surface area contributed by atoms with Gasteiger partial charge in [-0.25, -0.2) is 0 Å². The molecule has 2 amide bonds. The molecule has 1 heterocycles. The quantitative estimate of drug-likeness (QED) is 0.576. The average Bonchev–Trinajstić information content (AvgIpc) is 2.98. The van der Waals surface area contributed by atoms with E-state index in [-0.39, 0.29) is 23.7 Å². The van der Waals surface area contributed by atoms with E-state index >= 15 is 0 Å². The van der Waals surface area contributed by atoms with E-state index in [1.807, 2.05) is 0 Å². The number of phenols is 1. The van der Waals surface area contributed by atoms with E-state index in [9.17, 15) is 24.8 Å². The molecule has 0 unspecified atom stereocenters. The van der Waals surface area contributed by atoms with Crippen LogP contribution in [0.4, 0.5) is 5.69 Å². The molecule has 0 bridgehead atoms. The van der Waals surface area contributed by atoms with E-state index in [2.05, 4.69) is 10.9 Å². The molecule has 1 aromatic carbocycles. The van der Waals surface area contributed by atoms with Gasteiger partial charge < -0.3 is 9.52 Å². The highest BCUT2D eigenvalue weighted by molar-refractivity contribution is 5.98. The smallest absolute Gasteiger partial charge is 0.311 e. The van der Waals surface area contributed by atoms with Crippen LogP contribution >= 0.6 is 12.4 Å². The predicted molar refractivity (Wildman–Crippen MR) is 75.6 cm³/mol. The Balaban J connectivity index is 0.00000242. The van der Waals surface area contributed by atoms with Crippen LogP contribution in [-0.2, 0) is 0 Å². The SMILES string of the molecule is Cl.O=C(NNC(=O)c1ccco1)c1ccc(O)c([N+](=O)[O-])c1. The summed E-state index contributed by atoms with van der Waals surface area (Å²) in [6.07, 6.45) is 1.29. The Morgan fingerprint density at radius 2 is 1.86 bits per heavy atom. The third-order valence-corrected chi connectivity index (χ3v) is 2.47. The maximum absolute atomic E-state index is 11.7. The number of carbonyl (C=O) groups excluding carboxylic acids is 2. The van der Waals surface area contributed by atoms with Gasteiger partial charge in [0.1, 0.15) is 0 Å². The molecule has 0 fully saturated rings. The molecule has 10 heteroatoms. The second-order valence-corrected chi connectivity index (χ2v) is 3.85. The first-order valence-electron chi connectivity index (χ1n) is 5.60. The number of benzene rings is 1. The summed E-state index contributed by atoms with van der Waals surface area (Å²) >= 11 is 0. The van der Waals surface area contributed by atoms with Crippen molar-refractivity contribution in [3.63, 3.8) is 0 Å². The van der Waals surface area contributed by atoms with Crippen LogP contribution in [0.25, 0.3) is 0 Å². The summed E-state index contributed by atoms with van der Waals surface area (Å²) in [7, 11) is 0. The molecule has 22 heavy (non-hydrogen) atoms. The molecule has 0 aliphatic carbocycles. The minimum atomic E-state index is -0.826. The van der Waals surface area contributed by atoms with Gasteiger partial charge >= 0.3 is 11.6 Å². The minimum absolute atomic E-state index is 0. The number of hydrogen-bond donors (Lipinski definition) is 3. The predicted octanol–water partition coefficient (Wildman–Crippen LogP) is 1.39. The minimum Gasteiger partial charge on any atom is -0.502 e. The highest BCUT2D eigenvalue weighted by atomic mass is 35.5. The Morgan fingerprint density at radius 3 is 2.45 bits per heavy atom. The molecule has 0 aliphatic rings. The number of rotatable bonds is 3. The third kappa shape index (κ3) is 3.73. The zero-order valence-electron chi connectivity index (χ0n) is 10.8. The van der Waals surface area contributed by atoms with Crippen molar-refractivity contribution in [2.45, 2.75) is 0 Å². The van der Waals surface area contributed by atoms with Crippen molar-refractivity contribution in [3.8, 4) is 5.75 Å². The number of halogens is 1. The van der Waals surface area contributed by atoms with Crippen LogP contribution < -0.4 is 10.9 Å². The Bertz CT molecular complexity index is 701. The van der Waals surface area contributed by atoms with Gasteiger partial charge in [0, 0.05) is 11.6 Å². The van der Waals surface area contributed by atoms with Crippen LogP contribution in [0, 0.1) is 10.1 Å². The second-order valence-electron chi connectivity index (χ2n) is 3.85. The van der Waals surface area contributed by atoms with Crippen molar-refractivity contribution in [1.82, 2.24) is 10.9 Å². The molecule has 116 valence electrons. The number of hydrazine groups is 1. The summed E-state index contributed by atoms with van der Waals surface area (Å²) in [5, 5.41) is 19.9. The largest absolute Gasteiger partial charge is 0.502 e. The second kappa shape index (κ2) is 7.09. The van der Waals surface area contributed by atoms with Crippen LogP contribution in [0.3, 0.4) is 0 Å². The number of nitrogens with one attached hydrogen (secondary N) is 2. The fraction of sp³-hybridized carbons (Fsp3) is 0. The monoisotopic (exact) mass is 327 g/mol. The lowest BCUT2D eigenvalue weighted by atomic mass is 10.2. The number of nitro groups is 1. The molecule has 2 aromatic rings. The Hall–Kier alpha value is -3.07. The maximum Gasteiger partial charge on any atom is 0.311 e. The van der Waals surface area contributed by atoms with Crippen molar-refractivity contribution in [3.05, 3.63) is 58.0 Å². The molecule has 0 atom stereocenters. The summed E-state index contributed by atoms with van der Waals surface area (Å²) in [5.41, 5.74) is 3.44. The molecule has 3 N–H and O–H groups in total. The van der Waals surface area contributed by atoms with Crippen LogP contribution in [0.15, 0.2) is 41.0 Å². The summed E-state index contributed by atoms with van der Waals surface area (Å²) in [5.74, 6) is -2.03. The number of amides is 2. The van der Waals surface area contributed by atoms with E-state index < -0.39 is 28.2 Å². The van der Waals surface area contributed by atoms with Crippen LogP contribution in [0.5, 0.6) is 5.75 Å². The fourth-order valence-electron chi connectivity index (χ4n) is 1.47. The summed E-state index contributed by atoms with van der Waals surface area (Å²) in [6, 6.07) is 5.98. The van der Waals surface area contributed by atoms with Gasteiger partial charge in [0.15, 0.2) is 11.5 Å². The van der Waals surface area contributed by atoms with E-state index in [0.717, 1.165) is 12.1 Å². The molecule has 9 nitrogen and oxygen atoms in total. The summed E-state index contributed by atoms with van der Waals surface area (Å²) in [4.78, 5) is 33.1. The number of nitrogens with zero attached hydrogens (tertiary/aromatic N) is 1. The van der Waals surface area contributed by atoms with E-state index in [0.29, 0.717) is 0 Å². The number of phenolic OH excluding ortho intramolecular Hbond substituents is 1. The van der Waals surface area contributed by atoms with Gasteiger partial charge in [-0.15, -0.1) is 12.4 Å². The van der Waals surface area contributed by atoms with Crippen LogP contribution in [0.1, 0.15) is 20.9 Å². The molecule has 0 saturated carbocycles. The molecule has 0 saturated heterocycles. The Labute approximate surface area is 129 Å². The van der Waals surface area contributed by atoms with E-state index in [1.165, 1.54) is 24.5 Å². The molecule has 0 aliphatic heterocycles. The van der Waals surface area contributed by atoms with Gasteiger partial charge in [-0.1, -0.05) is 0 Å². The summed E-state index contributed by atoms with van der Waals surface area (Å²) < 4.78 is 4.81. The number of carbonyl (C=O) groups is 2. The number of nitro benzene ring substituents is 1. The van der Waals surface area contributed by atoms with Crippen molar-refractivity contribution in [1.29, 1.82) is 0 Å². The third-order valence-electron chi connectivity index (χ3n) is 2.47. The standard InChI is InChI=1S/C12H9N3O6.ClH/c16-9-4-3-7(6-8(9)15(19)20)11(17)13-14-12(18)10-2-1-5-21-10;/h1-6,16H,(H,13,17)(H,14,18);1H. The van der Waals surface area contributed by atoms with Gasteiger partial charge in [0.2, 0.25) is 0 Å². The highest BCUT2D eigenvalue weighted by Crippen LogP contribution is 2.26. The molecule has 0 radical (unpaired) electrons. The van der Waals surface area contributed by atoms with Crippen molar-refractivity contribution < 1.29 is 24.0 Å². The topological polar surface area (TPSA) is 135 Å².